The Balaban J connectivity index is 1.96. The third-order valence-corrected chi connectivity index (χ3v) is 4.74. The van der Waals surface area contributed by atoms with E-state index >= 15 is 0 Å². The molecule has 2 unspecified atom stereocenters. The van der Waals surface area contributed by atoms with Crippen molar-refractivity contribution in [2.24, 2.45) is 0 Å². The molecule has 2 aliphatic rings. The minimum atomic E-state index is -1.18. The highest BCUT2D eigenvalue weighted by Crippen LogP contribution is 2.40. The van der Waals surface area contributed by atoms with Crippen molar-refractivity contribution in [3.63, 3.8) is 0 Å². The number of aliphatic hydroxyl groups excluding tert-OH is 1. The van der Waals surface area contributed by atoms with Crippen molar-refractivity contribution in [3.05, 3.63) is 58.7 Å². The molecule has 2 aromatic carbocycles. The molecule has 0 aromatic heterocycles. The van der Waals surface area contributed by atoms with E-state index in [2.05, 4.69) is 0 Å². The van der Waals surface area contributed by atoms with Crippen molar-refractivity contribution < 1.29 is 19.8 Å². The zero-order chi connectivity index (χ0) is 16.4. The summed E-state index contributed by atoms with van der Waals surface area (Å²) in [5, 5.41) is 22.3. The van der Waals surface area contributed by atoms with Gasteiger partial charge in [0.15, 0.2) is 11.6 Å². The third kappa shape index (κ3) is 2.06. The first kappa shape index (κ1) is 14.3. The van der Waals surface area contributed by atoms with Crippen LogP contribution in [-0.4, -0.2) is 33.5 Å². The fraction of sp³-hybridized carbons (Fsp3) is 0.263. The fourth-order valence-electron chi connectivity index (χ4n) is 3.68. The van der Waals surface area contributed by atoms with Gasteiger partial charge in [0.05, 0.1) is 11.7 Å². The van der Waals surface area contributed by atoms with E-state index in [1.54, 1.807) is 19.1 Å². The van der Waals surface area contributed by atoms with Crippen LogP contribution in [0.15, 0.2) is 47.5 Å². The lowest BCUT2D eigenvalue weighted by atomic mass is 9.71. The summed E-state index contributed by atoms with van der Waals surface area (Å²) in [6.07, 6.45) is -0.950. The van der Waals surface area contributed by atoms with Gasteiger partial charge in [0, 0.05) is 35.1 Å². The van der Waals surface area contributed by atoms with Crippen LogP contribution in [0.1, 0.15) is 40.5 Å². The summed E-state index contributed by atoms with van der Waals surface area (Å²) >= 11 is 0. The standard InChI is InChI=1S/C19H16O4/c1-19(23)8-14-16(15(20)9-19)18(22)13-7-11-5-3-2-4-10(11)6-12(13)17(14)21/h2-7,15,20,23H,8-9H2,1H3. The van der Waals surface area contributed by atoms with Gasteiger partial charge in [0.25, 0.3) is 0 Å². The van der Waals surface area contributed by atoms with Crippen LogP contribution in [-0.2, 0) is 0 Å². The Bertz CT molecular complexity index is 905. The number of rotatable bonds is 0. The molecule has 4 heteroatoms. The highest BCUT2D eigenvalue weighted by molar-refractivity contribution is 6.28. The van der Waals surface area contributed by atoms with Crippen LogP contribution in [0.3, 0.4) is 0 Å². The third-order valence-electron chi connectivity index (χ3n) is 4.74. The Morgan fingerprint density at radius 1 is 1.04 bits per heavy atom. The molecule has 116 valence electrons. The van der Waals surface area contributed by atoms with E-state index in [9.17, 15) is 19.8 Å². The SMILES string of the molecule is CC1(O)CC2=C(C(=O)c3cc4ccccc4cc3C2=O)C(O)C1. The first-order valence-electron chi connectivity index (χ1n) is 7.63. The number of Topliss-reactive ketones (excluding diaryl/α,β-unsaturated/α-hetero) is 2. The minimum absolute atomic E-state index is 0.0633. The maximum atomic E-state index is 12.8. The lowest BCUT2D eigenvalue weighted by Crippen LogP contribution is -2.42. The molecule has 23 heavy (non-hydrogen) atoms. The van der Waals surface area contributed by atoms with Crippen LogP contribution < -0.4 is 0 Å². The average Bonchev–Trinajstić information content (AvgIpc) is 2.49. The Hall–Kier alpha value is -2.30. The van der Waals surface area contributed by atoms with E-state index < -0.39 is 11.7 Å². The number of hydrogen-bond acceptors (Lipinski definition) is 4. The number of fused-ring (bicyclic) bond motifs is 2. The van der Waals surface area contributed by atoms with E-state index in [4.69, 9.17) is 0 Å². The summed E-state index contributed by atoms with van der Waals surface area (Å²) in [5.41, 5.74) is -0.0704. The summed E-state index contributed by atoms with van der Waals surface area (Å²) in [7, 11) is 0. The molecular weight excluding hydrogens is 292 g/mol. The van der Waals surface area contributed by atoms with Crippen LogP contribution in [0.2, 0.25) is 0 Å². The molecular formula is C19H16O4. The molecule has 0 aliphatic heterocycles. The second-order valence-electron chi connectivity index (χ2n) is 6.69. The Labute approximate surface area is 133 Å². The van der Waals surface area contributed by atoms with E-state index in [0.717, 1.165) is 10.8 Å². The lowest BCUT2D eigenvalue weighted by molar-refractivity contribution is 0.00378. The Kier molecular flexibility index (Phi) is 2.86. The normalized spacial score (nSPS) is 27.2. The van der Waals surface area contributed by atoms with Gasteiger partial charge in [-0.15, -0.1) is 0 Å². The molecule has 0 saturated carbocycles. The van der Waals surface area contributed by atoms with Gasteiger partial charge in [0.2, 0.25) is 0 Å². The topological polar surface area (TPSA) is 74.6 Å². The van der Waals surface area contributed by atoms with Crippen molar-refractivity contribution >= 4 is 22.3 Å². The first-order chi connectivity index (χ1) is 10.9. The predicted octanol–water partition coefficient (Wildman–Crippen LogP) is 2.42. The number of hydrogen-bond donors (Lipinski definition) is 2. The van der Waals surface area contributed by atoms with Crippen LogP contribution in [0, 0.1) is 0 Å². The van der Waals surface area contributed by atoms with Crippen LogP contribution in [0.5, 0.6) is 0 Å². The maximum absolute atomic E-state index is 12.8. The smallest absolute Gasteiger partial charge is 0.192 e. The first-order valence-corrected chi connectivity index (χ1v) is 7.63. The monoisotopic (exact) mass is 308 g/mol. The molecule has 4 nitrogen and oxygen atoms in total. The molecule has 0 amide bonds. The van der Waals surface area contributed by atoms with E-state index in [1.807, 2.05) is 24.3 Å². The molecule has 2 atom stereocenters. The molecule has 4 rings (SSSR count). The average molecular weight is 308 g/mol. The van der Waals surface area contributed by atoms with Gasteiger partial charge in [-0.25, -0.2) is 0 Å². The van der Waals surface area contributed by atoms with Crippen molar-refractivity contribution in [1.29, 1.82) is 0 Å². The largest absolute Gasteiger partial charge is 0.390 e. The summed E-state index contributed by atoms with van der Waals surface area (Å²) in [4.78, 5) is 25.7. The Morgan fingerprint density at radius 2 is 1.61 bits per heavy atom. The summed E-state index contributed by atoms with van der Waals surface area (Å²) in [6.45, 7) is 1.58. The Morgan fingerprint density at radius 3 is 2.22 bits per heavy atom. The summed E-state index contributed by atoms with van der Waals surface area (Å²) < 4.78 is 0. The number of carbonyl (C=O) groups is 2. The van der Waals surface area contributed by atoms with Crippen molar-refractivity contribution in [3.8, 4) is 0 Å². The van der Waals surface area contributed by atoms with Crippen LogP contribution in [0.4, 0.5) is 0 Å². The van der Waals surface area contributed by atoms with Crippen molar-refractivity contribution in [2.45, 2.75) is 31.5 Å². The lowest BCUT2D eigenvalue weighted by Gasteiger charge is -2.36. The second-order valence-corrected chi connectivity index (χ2v) is 6.69. The number of benzene rings is 2. The van der Waals surface area contributed by atoms with Gasteiger partial charge in [0.1, 0.15) is 0 Å². The molecule has 0 fully saturated rings. The molecule has 0 heterocycles. The van der Waals surface area contributed by atoms with Crippen LogP contribution in [0.25, 0.3) is 10.8 Å². The molecule has 2 aliphatic carbocycles. The quantitative estimate of drug-likeness (QED) is 0.784. The minimum Gasteiger partial charge on any atom is -0.390 e. The molecule has 0 bridgehead atoms. The number of aliphatic hydroxyl groups is 2. The molecule has 0 spiro atoms. The van der Waals surface area contributed by atoms with Crippen molar-refractivity contribution in [1.82, 2.24) is 0 Å². The zero-order valence-electron chi connectivity index (χ0n) is 12.7. The highest BCUT2D eigenvalue weighted by atomic mass is 16.3. The molecule has 0 saturated heterocycles. The van der Waals surface area contributed by atoms with Gasteiger partial charge in [-0.1, -0.05) is 24.3 Å². The number of ketones is 2. The highest BCUT2D eigenvalue weighted by Gasteiger charge is 2.43. The van der Waals surface area contributed by atoms with Gasteiger partial charge in [-0.3, -0.25) is 9.59 Å². The van der Waals surface area contributed by atoms with E-state index in [1.165, 1.54) is 0 Å². The zero-order valence-corrected chi connectivity index (χ0v) is 12.7. The summed E-state index contributed by atoms with van der Waals surface area (Å²) in [5.74, 6) is -0.567. The molecule has 0 radical (unpaired) electrons. The van der Waals surface area contributed by atoms with E-state index in [0.29, 0.717) is 11.1 Å². The van der Waals surface area contributed by atoms with Gasteiger partial charge in [-0.05, 0) is 29.8 Å². The van der Waals surface area contributed by atoms with Gasteiger partial charge in [-0.2, -0.15) is 0 Å². The van der Waals surface area contributed by atoms with Gasteiger partial charge < -0.3 is 10.2 Å². The second kappa shape index (κ2) is 4.60. The maximum Gasteiger partial charge on any atom is 0.192 e. The predicted molar refractivity (Wildman–Crippen MR) is 85.5 cm³/mol. The van der Waals surface area contributed by atoms with Crippen LogP contribution >= 0.6 is 0 Å². The van der Waals surface area contributed by atoms with Crippen molar-refractivity contribution in [2.75, 3.05) is 0 Å². The molecule has 2 aromatic rings. The van der Waals surface area contributed by atoms with E-state index in [-0.39, 0.29) is 35.6 Å². The fourth-order valence-corrected chi connectivity index (χ4v) is 3.68. The van der Waals surface area contributed by atoms with Gasteiger partial charge >= 0.3 is 0 Å². The molecule has 2 N–H and O–H groups in total. The summed E-state index contributed by atoms with van der Waals surface area (Å²) in [6, 6.07) is 11.0. The number of carbonyl (C=O) groups excluding carboxylic acids is 2.